The minimum absolute atomic E-state index is 0.663. The van der Waals surface area contributed by atoms with Gasteiger partial charge in [-0.3, -0.25) is 0 Å². The van der Waals surface area contributed by atoms with Gasteiger partial charge in [0, 0.05) is 17.2 Å². The van der Waals surface area contributed by atoms with E-state index in [1.54, 1.807) is 25.8 Å². The molecular weight excluding hydrogens is 352 g/mol. The second kappa shape index (κ2) is 6.64. The fraction of sp³-hybridized carbons (Fsp3) is 0.167. The molecule has 0 amide bonds. The first kappa shape index (κ1) is 16.3. The van der Waals surface area contributed by atoms with Crippen molar-refractivity contribution in [1.82, 2.24) is 19.8 Å². The van der Waals surface area contributed by atoms with E-state index in [0.717, 1.165) is 21.9 Å². The number of benzene rings is 2. The monoisotopic (exact) mass is 368 g/mol. The highest BCUT2D eigenvalue weighted by molar-refractivity contribution is 7.19. The quantitative estimate of drug-likeness (QED) is 0.537. The van der Waals surface area contributed by atoms with Crippen molar-refractivity contribution in [2.75, 3.05) is 21.3 Å². The van der Waals surface area contributed by atoms with Crippen molar-refractivity contribution in [1.29, 1.82) is 0 Å². The third-order valence-electron chi connectivity index (χ3n) is 3.92. The zero-order valence-corrected chi connectivity index (χ0v) is 15.3. The Morgan fingerprint density at radius 3 is 2.19 bits per heavy atom. The molecule has 4 rings (SSSR count). The summed E-state index contributed by atoms with van der Waals surface area (Å²) >= 11 is 1.45. The van der Waals surface area contributed by atoms with Gasteiger partial charge in [-0.1, -0.05) is 23.5 Å². The van der Waals surface area contributed by atoms with Crippen LogP contribution in [0.3, 0.4) is 0 Å². The minimum Gasteiger partial charge on any atom is -0.497 e. The highest BCUT2D eigenvalue weighted by Gasteiger charge is 2.16. The molecular formula is C18H16N4O3S. The standard InChI is InChI=1S/C18H16N4O3S/c1-23-13-6-4-5-11(7-13)16-19-20-18-22(16)21-17(26-18)12-8-14(24-2)10-15(9-12)25-3/h4-10H,1-3H3. The summed E-state index contributed by atoms with van der Waals surface area (Å²) in [5.41, 5.74) is 1.78. The Balaban J connectivity index is 1.81. The molecule has 8 heteroatoms. The molecule has 132 valence electrons. The Bertz CT molecular complexity index is 1050. The van der Waals surface area contributed by atoms with Crippen molar-refractivity contribution in [3.05, 3.63) is 42.5 Å². The smallest absolute Gasteiger partial charge is 0.235 e. The number of ether oxygens (including phenoxy) is 3. The zero-order chi connectivity index (χ0) is 18.1. The first-order chi connectivity index (χ1) is 12.7. The Kier molecular flexibility index (Phi) is 4.18. The average molecular weight is 368 g/mol. The maximum Gasteiger partial charge on any atom is 0.235 e. The van der Waals surface area contributed by atoms with E-state index in [-0.39, 0.29) is 0 Å². The molecule has 0 bridgehead atoms. The van der Waals surface area contributed by atoms with Gasteiger partial charge in [-0.15, -0.1) is 10.2 Å². The molecule has 7 nitrogen and oxygen atoms in total. The van der Waals surface area contributed by atoms with Gasteiger partial charge in [-0.2, -0.15) is 9.61 Å². The van der Waals surface area contributed by atoms with Crippen LogP contribution in [0.1, 0.15) is 0 Å². The fourth-order valence-corrected chi connectivity index (χ4v) is 3.43. The van der Waals surface area contributed by atoms with Gasteiger partial charge in [0.1, 0.15) is 22.3 Å². The van der Waals surface area contributed by atoms with E-state index in [4.69, 9.17) is 14.2 Å². The summed E-state index contributed by atoms with van der Waals surface area (Å²) < 4.78 is 17.7. The molecule has 0 saturated carbocycles. The molecule has 2 aromatic heterocycles. The molecule has 0 aliphatic heterocycles. The van der Waals surface area contributed by atoms with Gasteiger partial charge in [-0.05, 0) is 24.3 Å². The van der Waals surface area contributed by atoms with Crippen molar-refractivity contribution in [2.24, 2.45) is 0 Å². The summed E-state index contributed by atoms with van der Waals surface area (Å²) in [5, 5.41) is 14.0. The molecule has 0 fully saturated rings. The van der Waals surface area contributed by atoms with Gasteiger partial charge in [-0.25, -0.2) is 0 Å². The van der Waals surface area contributed by atoms with Crippen molar-refractivity contribution in [3.8, 4) is 39.2 Å². The Morgan fingerprint density at radius 2 is 1.50 bits per heavy atom. The largest absolute Gasteiger partial charge is 0.497 e. The van der Waals surface area contributed by atoms with Gasteiger partial charge in [0.05, 0.1) is 21.3 Å². The summed E-state index contributed by atoms with van der Waals surface area (Å²) in [4.78, 5) is 0.708. The van der Waals surface area contributed by atoms with Crippen LogP contribution in [0.4, 0.5) is 0 Å². The van der Waals surface area contributed by atoms with Gasteiger partial charge in [0.2, 0.25) is 4.96 Å². The lowest BCUT2D eigenvalue weighted by Crippen LogP contribution is -1.93. The summed E-state index contributed by atoms with van der Waals surface area (Å²) in [6, 6.07) is 13.3. The van der Waals surface area contributed by atoms with E-state index in [2.05, 4.69) is 15.3 Å². The summed E-state index contributed by atoms with van der Waals surface area (Å²) in [5.74, 6) is 2.83. The summed E-state index contributed by atoms with van der Waals surface area (Å²) in [6.45, 7) is 0. The van der Waals surface area contributed by atoms with Crippen molar-refractivity contribution >= 4 is 16.3 Å². The van der Waals surface area contributed by atoms with Crippen molar-refractivity contribution < 1.29 is 14.2 Å². The Hall–Kier alpha value is -3.13. The maximum absolute atomic E-state index is 5.34. The minimum atomic E-state index is 0.663. The van der Waals surface area contributed by atoms with Crippen LogP contribution in [-0.2, 0) is 0 Å². The number of nitrogens with zero attached hydrogens (tertiary/aromatic N) is 4. The molecule has 26 heavy (non-hydrogen) atoms. The molecule has 0 N–H and O–H groups in total. The molecule has 0 atom stereocenters. The SMILES string of the molecule is COc1cc(OC)cc(-c2nn3c(-c4cccc(OC)c4)nnc3s2)c1. The molecule has 0 unspecified atom stereocenters. The fourth-order valence-electron chi connectivity index (χ4n) is 2.61. The van der Waals surface area contributed by atoms with E-state index >= 15 is 0 Å². The second-order valence-electron chi connectivity index (χ2n) is 5.46. The number of rotatable bonds is 5. The van der Waals surface area contributed by atoms with Crippen LogP contribution < -0.4 is 14.2 Å². The molecule has 0 saturated heterocycles. The molecule has 4 aromatic rings. The van der Waals surface area contributed by atoms with Gasteiger partial charge >= 0.3 is 0 Å². The third kappa shape index (κ3) is 2.84. The molecule has 0 aliphatic rings. The molecule has 2 aromatic carbocycles. The lowest BCUT2D eigenvalue weighted by molar-refractivity contribution is 0.394. The first-order valence-electron chi connectivity index (χ1n) is 7.82. The lowest BCUT2D eigenvalue weighted by Gasteiger charge is -2.06. The Morgan fingerprint density at radius 1 is 0.808 bits per heavy atom. The van der Waals surface area contributed by atoms with Gasteiger partial charge < -0.3 is 14.2 Å². The number of hydrogen-bond donors (Lipinski definition) is 0. The predicted molar refractivity (Wildman–Crippen MR) is 99.2 cm³/mol. The van der Waals surface area contributed by atoms with E-state index in [9.17, 15) is 0 Å². The van der Waals surface area contributed by atoms with E-state index in [0.29, 0.717) is 22.3 Å². The van der Waals surface area contributed by atoms with Crippen LogP contribution in [-0.4, -0.2) is 41.1 Å². The lowest BCUT2D eigenvalue weighted by atomic mass is 10.2. The van der Waals surface area contributed by atoms with Crippen LogP contribution >= 0.6 is 11.3 Å². The zero-order valence-electron chi connectivity index (χ0n) is 14.5. The molecule has 0 aliphatic carbocycles. The van der Waals surface area contributed by atoms with Crippen molar-refractivity contribution in [2.45, 2.75) is 0 Å². The Labute approximate surface area is 153 Å². The number of methoxy groups -OCH3 is 3. The topological polar surface area (TPSA) is 70.8 Å². The second-order valence-corrected chi connectivity index (χ2v) is 6.41. The molecule has 0 spiro atoms. The first-order valence-corrected chi connectivity index (χ1v) is 8.63. The van der Waals surface area contributed by atoms with Gasteiger partial charge in [0.15, 0.2) is 5.82 Å². The van der Waals surface area contributed by atoms with Crippen LogP contribution in [0.5, 0.6) is 17.2 Å². The predicted octanol–water partition coefficient (Wildman–Crippen LogP) is 3.55. The molecule has 0 radical (unpaired) electrons. The maximum atomic E-state index is 5.34. The third-order valence-corrected chi connectivity index (χ3v) is 4.87. The van der Waals surface area contributed by atoms with E-state index in [1.165, 1.54) is 11.3 Å². The van der Waals surface area contributed by atoms with E-state index < -0.39 is 0 Å². The number of hydrogen-bond acceptors (Lipinski definition) is 7. The van der Waals surface area contributed by atoms with Crippen molar-refractivity contribution in [3.63, 3.8) is 0 Å². The number of aromatic nitrogens is 4. The van der Waals surface area contributed by atoms with Crippen LogP contribution in [0.15, 0.2) is 42.5 Å². The van der Waals surface area contributed by atoms with E-state index in [1.807, 2.05) is 42.5 Å². The van der Waals surface area contributed by atoms with Gasteiger partial charge in [0.25, 0.3) is 0 Å². The average Bonchev–Trinajstić information content (AvgIpc) is 3.28. The normalized spacial score (nSPS) is 10.9. The highest BCUT2D eigenvalue weighted by Crippen LogP contribution is 2.33. The molecule has 2 heterocycles. The number of fused-ring (bicyclic) bond motifs is 1. The van der Waals surface area contributed by atoms with Crippen LogP contribution in [0, 0.1) is 0 Å². The van der Waals surface area contributed by atoms with Crippen LogP contribution in [0.25, 0.3) is 26.9 Å². The van der Waals surface area contributed by atoms with Crippen LogP contribution in [0.2, 0.25) is 0 Å². The summed E-state index contributed by atoms with van der Waals surface area (Å²) in [7, 11) is 4.88. The summed E-state index contributed by atoms with van der Waals surface area (Å²) in [6.07, 6.45) is 0. The highest BCUT2D eigenvalue weighted by atomic mass is 32.1.